The van der Waals surface area contributed by atoms with Gasteiger partial charge in [-0.2, -0.15) is 13.9 Å². The van der Waals surface area contributed by atoms with Gasteiger partial charge in [-0.15, -0.1) is 10.2 Å². The summed E-state index contributed by atoms with van der Waals surface area (Å²) in [5, 5.41) is 11.3. The zero-order valence-electron chi connectivity index (χ0n) is 14.3. The van der Waals surface area contributed by atoms with Gasteiger partial charge >= 0.3 is 6.43 Å². The van der Waals surface area contributed by atoms with E-state index < -0.39 is 12.3 Å². The maximum absolute atomic E-state index is 12.8. The normalized spacial score (nSPS) is 13.7. The number of hydrogen-bond donors (Lipinski definition) is 0. The van der Waals surface area contributed by atoms with Crippen molar-refractivity contribution in [2.24, 2.45) is 0 Å². The van der Waals surface area contributed by atoms with Crippen LogP contribution in [0.3, 0.4) is 0 Å². The van der Waals surface area contributed by atoms with Crippen LogP contribution in [0.1, 0.15) is 34.1 Å². The lowest BCUT2D eigenvalue weighted by molar-refractivity contribution is 0.0764. The molecule has 28 heavy (non-hydrogen) atoms. The summed E-state index contributed by atoms with van der Waals surface area (Å²) in [5.74, 6) is -1.08. The molecule has 0 radical (unpaired) electrons. The van der Waals surface area contributed by atoms with Crippen LogP contribution in [0.2, 0.25) is 0 Å². The Morgan fingerprint density at radius 1 is 1.21 bits per heavy atom. The fourth-order valence-electron chi connectivity index (χ4n) is 3.18. The van der Waals surface area contributed by atoms with Crippen molar-refractivity contribution in [3.05, 3.63) is 65.6 Å². The summed E-state index contributed by atoms with van der Waals surface area (Å²) in [6.45, 7) is 0.677. The Hall–Kier alpha value is -3.69. The van der Waals surface area contributed by atoms with Gasteiger partial charge in [0.25, 0.3) is 11.8 Å². The molecule has 0 bridgehead atoms. The zero-order valence-corrected chi connectivity index (χ0v) is 14.3. The van der Waals surface area contributed by atoms with E-state index in [1.807, 2.05) is 30.5 Å². The monoisotopic (exact) mass is 382 g/mol. The zero-order chi connectivity index (χ0) is 19.3. The van der Waals surface area contributed by atoms with Crippen LogP contribution >= 0.6 is 0 Å². The van der Waals surface area contributed by atoms with Gasteiger partial charge in [-0.05, 0) is 24.3 Å². The molecule has 140 valence electrons. The Labute approximate surface area is 156 Å². The molecule has 0 aliphatic carbocycles. The summed E-state index contributed by atoms with van der Waals surface area (Å²) < 4.78 is 31.9. The van der Waals surface area contributed by atoms with Gasteiger partial charge in [-0.25, -0.2) is 4.52 Å². The smallest absolute Gasteiger partial charge is 0.314 e. The Morgan fingerprint density at radius 3 is 2.89 bits per heavy atom. The van der Waals surface area contributed by atoms with E-state index in [0.717, 1.165) is 11.2 Å². The minimum absolute atomic E-state index is 0.0998. The molecule has 10 heteroatoms. The van der Waals surface area contributed by atoms with Crippen molar-refractivity contribution in [3.8, 4) is 11.5 Å². The number of alkyl halides is 2. The SMILES string of the molecule is O=C1c2cc(-c3nnc(C(F)F)o3)cnc2CN1Cc1cc2ccccn2n1. The highest BCUT2D eigenvalue weighted by molar-refractivity contribution is 5.98. The van der Waals surface area contributed by atoms with E-state index in [9.17, 15) is 13.6 Å². The van der Waals surface area contributed by atoms with Crippen molar-refractivity contribution in [2.75, 3.05) is 0 Å². The largest absolute Gasteiger partial charge is 0.415 e. The number of aromatic nitrogens is 5. The van der Waals surface area contributed by atoms with Gasteiger partial charge in [0.05, 0.1) is 41.1 Å². The highest BCUT2D eigenvalue weighted by Gasteiger charge is 2.30. The molecule has 1 aliphatic rings. The molecule has 4 aromatic rings. The summed E-state index contributed by atoms with van der Waals surface area (Å²) in [6, 6.07) is 9.18. The lowest BCUT2D eigenvalue weighted by atomic mass is 10.1. The molecule has 4 aromatic heterocycles. The average Bonchev–Trinajstić information content (AvgIpc) is 3.39. The molecule has 0 saturated carbocycles. The average molecular weight is 382 g/mol. The first-order valence-electron chi connectivity index (χ1n) is 8.42. The molecule has 0 spiro atoms. The molecular weight excluding hydrogens is 370 g/mol. The molecule has 1 aliphatic heterocycles. The fraction of sp³-hybridized carbons (Fsp3) is 0.167. The van der Waals surface area contributed by atoms with Crippen molar-refractivity contribution in [1.29, 1.82) is 0 Å². The number of rotatable bonds is 4. The third kappa shape index (κ3) is 2.70. The van der Waals surface area contributed by atoms with Gasteiger partial charge in [-0.3, -0.25) is 9.78 Å². The second-order valence-electron chi connectivity index (χ2n) is 6.33. The number of nitrogens with zero attached hydrogens (tertiary/aromatic N) is 6. The Balaban J connectivity index is 1.40. The van der Waals surface area contributed by atoms with Gasteiger partial charge in [0, 0.05) is 12.4 Å². The highest BCUT2D eigenvalue weighted by Crippen LogP contribution is 2.28. The van der Waals surface area contributed by atoms with E-state index in [1.54, 1.807) is 9.42 Å². The molecule has 0 aromatic carbocycles. The summed E-state index contributed by atoms with van der Waals surface area (Å²) in [7, 11) is 0. The standard InChI is InChI=1S/C18H12F2N6O2/c19-15(20)17-23-22-16(28-17)10-5-13-14(21-7-10)9-25(18(13)27)8-11-6-12-3-1-2-4-26(12)24-11/h1-7,15H,8-9H2. The third-order valence-corrected chi connectivity index (χ3v) is 4.48. The van der Waals surface area contributed by atoms with E-state index in [4.69, 9.17) is 4.42 Å². The summed E-state index contributed by atoms with van der Waals surface area (Å²) in [5.41, 5.74) is 3.00. The molecule has 0 atom stereocenters. The molecule has 8 nitrogen and oxygen atoms in total. The predicted molar refractivity (Wildman–Crippen MR) is 91.3 cm³/mol. The van der Waals surface area contributed by atoms with Gasteiger partial charge in [0.1, 0.15) is 0 Å². The molecule has 0 fully saturated rings. The lowest BCUT2D eigenvalue weighted by Gasteiger charge is -2.12. The molecule has 5 rings (SSSR count). The van der Waals surface area contributed by atoms with E-state index >= 15 is 0 Å². The summed E-state index contributed by atoms with van der Waals surface area (Å²) in [6.07, 6.45) is 0.417. The quantitative estimate of drug-likeness (QED) is 0.539. The lowest BCUT2D eigenvalue weighted by Crippen LogP contribution is -2.23. The predicted octanol–water partition coefficient (Wildman–Crippen LogP) is 2.87. The van der Waals surface area contributed by atoms with Crippen LogP contribution in [0.4, 0.5) is 8.78 Å². The van der Waals surface area contributed by atoms with Crippen LogP contribution in [0.5, 0.6) is 0 Å². The van der Waals surface area contributed by atoms with Crippen LogP contribution in [-0.4, -0.2) is 35.6 Å². The number of hydrogen-bond acceptors (Lipinski definition) is 6. The minimum Gasteiger partial charge on any atom is -0.415 e. The van der Waals surface area contributed by atoms with Gasteiger partial charge < -0.3 is 9.32 Å². The van der Waals surface area contributed by atoms with E-state index in [-0.39, 0.29) is 11.8 Å². The van der Waals surface area contributed by atoms with E-state index in [0.29, 0.717) is 29.9 Å². The molecule has 0 unspecified atom stereocenters. The van der Waals surface area contributed by atoms with Gasteiger partial charge in [0.2, 0.25) is 5.89 Å². The molecule has 1 amide bonds. The maximum Gasteiger partial charge on any atom is 0.314 e. The van der Waals surface area contributed by atoms with Crippen LogP contribution in [0.15, 0.2) is 47.1 Å². The first-order chi connectivity index (χ1) is 13.6. The molecule has 0 saturated heterocycles. The fourth-order valence-corrected chi connectivity index (χ4v) is 3.18. The Bertz CT molecular complexity index is 1170. The Kier molecular flexibility index (Phi) is 3.64. The van der Waals surface area contributed by atoms with Crippen molar-refractivity contribution in [3.63, 3.8) is 0 Å². The number of pyridine rings is 2. The van der Waals surface area contributed by atoms with Gasteiger partial charge in [-0.1, -0.05) is 6.07 Å². The first-order valence-corrected chi connectivity index (χ1v) is 8.42. The van der Waals surface area contributed by atoms with E-state index in [2.05, 4.69) is 20.3 Å². The van der Waals surface area contributed by atoms with Gasteiger partial charge in [0.15, 0.2) is 0 Å². The minimum atomic E-state index is -2.86. The van der Waals surface area contributed by atoms with Crippen LogP contribution in [0, 0.1) is 0 Å². The van der Waals surface area contributed by atoms with Crippen molar-refractivity contribution in [1.82, 2.24) is 29.7 Å². The topological polar surface area (TPSA) is 89.4 Å². The second kappa shape index (κ2) is 6.19. The first kappa shape index (κ1) is 16.5. The second-order valence-corrected chi connectivity index (χ2v) is 6.33. The summed E-state index contributed by atoms with van der Waals surface area (Å²) >= 11 is 0. The van der Waals surface area contributed by atoms with Crippen molar-refractivity contribution >= 4 is 11.4 Å². The van der Waals surface area contributed by atoms with Crippen LogP contribution in [0.25, 0.3) is 17.0 Å². The van der Waals surface area contributed by atoms with E-state index in [1.165, 1.54) is 12.3 Å². The highest BCUT2D eigenvalue weighted by atomic mass is 19.3. The number of carbonyl (C=O) groups excluding carboxylic acids is 1. The molecule has 5 heterocycles. The number of halogens is 2. The van der Waals surface area contributed by atoms with Crippen LogP contribution in [-0.2, 0) is 13.1 Å². The van der Waals surface area contributed by atoms with Crippen molar-refractivity contribution < 1.29 is 18.0 Å². The maximum atomic E-state index is 12.8. The number of carbonyl (C=O) groups is 1. The molecular formula is C18H12F2N6O2. The third-order valence-electron chi connectivity index (χ3n) is 4.48. The van der Waals surface area contributed by atoms with Crippen molar-refractivity contribution in [2.45, 2.75) is 19.5 Å². The Morgan fingerprint density at radius 2 is 2.11 bits per heavy atom. The van der Waals surface area contributed by atoms with Crippen LogP contribution < -0.4 is 0 Å². The number of fused-ring (bicyclic) bond motifs is 2. The molecule has 0 N–H and O–H groups in total. The number of amides is 1. The summed E-state index contributed by atoms with van der Waals surface area (Å²) in [4.78, 5) is 18.7.